The lowest BCUT2D eigenvalue weighted by molar-refractivity contribution is 0.0544. The molecule has 0 aliphatic carbocycles. The van der Waals surface area contributed by atoms with Crippen LogP contribution in [0.2, 0.25) is 0 Å². The molecule has 0 fully saturated rings. The number of nitrogens with one attached hydrogen (secondary N) is 1. The molecule has 19 heavy (non-hydrogen) atoms. The summed E-state index contributed by atoms with van der Waals surface area (Å²) in [6.07, 6.45) is 0. The Labute approximate surface area is 123 Å². The molecule has 1 atom stereocenters. The first kappa shape index (κ1) is 16.4. The fourth-order valence-electron chi connectivity index (χ4n) is 1.57. The maximum atomic E-state index is 5.62. The molecule has 1 aromatic carbocycles. The summed E-state index contributed by atoms with van der Waals surface area (Å²) in [5.74, 6) is 0.842. The lowest BCUT2D eigenvalue weighted by Gasteiger charge is -2.14. The van der Waals surface area contributed by atoms with Gasteiger partial charge in [-0.2, -0.15) is 0 Å². The first-order valence-electron chi connectivity index (χ1n) is 6.35. The van der Waals surface area contributed by atoms with E-state index >= 15 is 0 Å². The topological polar surface area (TPSA) is 39.7 Å². The molecule has 0 spiro atoms. The summed E-state index contributed by atoms with van der Waals surface area (Å²) in [6, 6.07) is 6.33. The van der Waals surface area contributed by atoms with Crippen LogP contribution in [0.5, 0.6) is 5.75 Å². The van der Waals surface area contributed by atoms with E-state index in [1.807, 2.05) is 19.2 Å². The van der Waals surface area contributed by atoms with Crippen LogP contribution in [0.1, 0.15) is 18.5 Å². The van der Waals surface area contributed by atoms with Crippen LogP contribution in [-0.2, 0) is 9.47 Å². The summed E-state index contributed by atoms with van der Waals surface area (Å²) in [5, 5.41) is 3.21. The maximum Gasteiger partial charge on any atom is 0.120 e. The lowest BCUT2D eigenvalue weighted by atomic mass is 10.1. The Morgan fingerprint density at radius 2 is 1.95 bits per heavy atom. The van der Waals surface area contributed by atoms with Crippen molar-refractivity contribution in [1.29, 1.82) is 0 Å². The summed E-state index contributed by atoms with van der Waals surface area (Å²) < 4.78 is 16.9. The Balaban J connectivity index is 2.37. The maximum absolute atomic E-state index is 5.62. The first-order chi connectivity index (χ1) is 9.19. The van der Waals surface area contributed by atoms with E-state index in [2.05, 4.69) is 34.2 Å². The molecule has 108 valence electrons. The lowest BCUT2D eigenvalue weighted by Crippen LogP contribution is -2.13. The van der Waals surface area contributed by atoms with Gasteiger partial charge < -0.3 is 19.5 Å². The quantitative estimate of drug-likeness (QED) is 0.706. The van der Waals surface area contributed by atoms with Gasteiger partial charge in [-0.25, -0.2) is 0 Å². The van der Waals surface area contributed by atoms with E-state index in [0.717, 1.165) is 10.2 Å². The minimum absolute atomic E-state index is 0.306. The highest BCUT2D eigenvalue weighted by Crippen LogP contribution is 2.27. The minimum atomic E-state index is 0.306. The molecule has 0 bridgehead atoms. The van der Waals surface area contributed by atoms with Gasteiger partial charge in [0, 0.05) is 17.6 Å². The van der Waals surface area contributed by atoms with Crippen LogP contribution in [-0.4, -0.2) is 40.6 Å². The van der Waals surface area contributed by atoms with Gasteiger partial charge in [0.25, 0.3) is 0 Å². The molecule has 0 heterocycles. The molecule has 0 radical (unpaired) electrons. The third-order valence-corrected chi connectivity index (χ3v) is 3.49. The van der Waals surface area contributed by atoms with Gasteiger partial charge in [-0.1, -0.05) is 22.0 Å². The van der Waals surface area contributed by atoms with E-state index < -0.39 is 0 Å². The molecule has 0 amide bonds. The van der Waals surface area contributed by atoms with E-state index in [1.165, 1.54) is 5.56 Å². The number of methoxy groups -OCH3 is 1. The molecule has 0 aliphatic heterocycles. The van der Waals surface area contributed by atoms with Crippen LogP contribution in [0, 0.1) is 0 Å². The third-order valence-electron chi connectivity index (χ3n) is 2.80. The molecule has 1 aromatic rings. The van der Waals surface area contributed by atoms with Gasteiger partial charge >= 0.3 is 0 Å². The zero-order chi connectivity index (χ0) is 14.1. The first-order valence-corrected chi connectivity index (χ1v) is 7.14. The van der Waals surface area contributed by atoms with Crippen molar-refractivity contribution in [2.75, 3.05) is 40.6 Å². The Morgan fingerprint density at radius 1 is 1.21 bits per heavy atom. The Hall–Kier alpha value is -0.620. The molecule has 1 rings (SSSR count). The van der Waals surface area contributed by atoms with E-state index in [0.29, 0.717) is 32.5 Å². The fourth-order valence-corrected chi connectivity index (χ4v) is 2.27. The Bertz CT molecular complexity index is 374. The molecule has 5 heteroatoms. The Morgan fingerprint density at radius 3 is 2.58 bits per heavy atom. The smallest absolute Gasteiger partial charge is 0.120 e. The van der Waals surface area contributed by atoms with Crippen LogP contribution >= 0.6 is 15.9 Å². The van der Waals surface area contributed by atoms with Crippen molar-refractivity contribution < 1.29 is 14.2 Å². The van der Waals surface area contributed by atoms with Crippen LogP contribution < -0.4 is 10.1 Å². The highest BCUT2D eigenvalue weighted by atomic mass is 79.9. The highest BCUT2D eigenvalue weighted by Gasteiger charge is 2.08. The average molecular weight is 332 g/mol. The predicted octanol–water partition coefficient (Wildman–Crippen LogP) is 2.77. The fraction of sp³-hybridized carbons (Fsp3) is 0.571. The number of benzene rings is 1. The average Bonchev–Trinajstić information content (AvgIpc) is 2.42. The normalized spacial score (nSPS) is 12.4. The monoisotopic (exact) mass is 331 g/mol. The predicted molar refractivity (Wildman–Crippen MR) is 79.8 cm³/mol. The number of hydrogen-bond donors (Lipinski definition) is 1. The summed E-state index contributed by atoms with van der Waals surface area (Å²) >= 11 is 3.56. The van der Waals surface area contributed by atoms with Crippen molar-refractivity contribution in [1.82, 2.24) is 5.32 Å². The van der Waals surface area contributed by atoms with E-state index in [9.17, 15) is 0 Å². The van der Waals surface area contributed by atoms with Crippen LogP contribution in [0.3, 0.4) is 0 Å². The number of ether oxygens (including phenoxy) is 3. The van der Waals surface area contributed by atoms with Crippen LogP contribution in [0.25, 0.3) is 0 Å². The van der Waals surface area contributed by atoms with Gasteiger partial charge in [-0.3, -0.25) is 0 Å². The van der Waals surface area contributed by atoms with E-state index in [1.54, 1.807) is 7.11 Å². The summed E-state index contributed by atoms with van der Waals surface area (Å²) in [4.78, 5) is 0. The van der Waals surface area contributed by atoms with Gasteiger partial charge in [0.15, 0.2) is 0 Å². The largest absolute Gasteiger partial charge is 0.491 e. The SMILES string of the molecule is CNC(C)c1ccc(OCCOCCOC)cc1Br. The highest BCUT2D eigenvalue weighted by molar-refractivity contribution is 9.10. The molecule has 0 aromatic heterocycles. The van der Waals surface area contributed by atoms with Crippen LogP contribution in [0.15, 0.2) is 22.7 Å². The molecule has 1 N–H and O–H groups in total. The van der Waals surface area contributed by atoms with Crippen molar-refractivity contribution in [3.8, 4) is 5.75 Å². The third kappa shape index (κ3) is 5.91. The second-order valence-corrected chi connectivity index (χ2v) is 5.00. The van der Waals surface area contributed by atoms with Crippen LogP contribution in [0.4, 0.5) is 0 Å². The summed E-state index contributed by atoms with van der Waals surface area (Å²) in [7, 11) is 3.60. The van der Waals surface area contributed by atoms with Gasteiger partial charge in [-0.05, 0) is 31.7 Å². The van der Waals surface area contributed by atoms with Gasteiger partial charge in [0.2, 0.25) is 0 Å². The molecule has 0 saturated carbocycles. The van der Waals surface area contributed by atoms with Crippen molar-refractivity contribution >= 4 is 15.9 Å². The zero-order valence-corrected chi connectivity index (χ0v) is 13.3. The Kier molecular flexibility index (Phi) is 8.05. The second-order valence-electron chi connectivity index (χ2n) is 4.15. The molecular formula is C14H22BrNO3. The van der Waals surface area contributed by atoms with E-state index in [-0.39, 0.29) is 0 Å². The molecular weight excluding hydrogens is 310 g/mol. The summed E-state index contributed by atoms with van der Waals surface area (Å²) in [6.45, 7) is 4.43. The van der Waals surface area contributed by atoms with Crippen molar-refractivity contribution in [3.63, 3.8) is 0 Å². The molecule has 1 unspecified atom stereocenters. The van der Waals surface area contributed by atoms with Gasteiger partial charge in [0.1, 0.15) is 12.4 Å². The number of rotatable bonds is 9. The van der Waals surface area contributed by atoms with Gasteiger partial charge in [-0.15, -0.1) is 0 Å². The number of halogens is 1. The van der Waals surface area contributed by atoms with Crippen molar-refractivity contribution in [2.24, 2.45) is 0 Å². The van der Waals surface area contributed by atoms with E-state index in [4.69, 9.17) is 14.2 Å². The molecule has 0 aliphatic rings. The zero-order valence-electron chi connectivity index (χ0n) is 11.7. The van der Waals surface area contributed by atoms with Crippen molar-refractivity contribution in [3.05, 3.63) is 28.2 Å². The number of hydrogen-bond acceptors (Lipinski definition) is 4. The summed E-state index contributed by atoms with van der Waals surface area (Å²) in [5.41, 5.74) is 1.21. The molecule has 4 nitrogen and oxygen atoms in total. The standard InChI is InChI=1S/C14H22BrNO3/c1-11(16-2)13-5-4-12(10-14(13)15)19-9-8-18-7-6-17-3/h4-5,10-11,16H,6-9H2,1-3H3. The molecule has 0 saturated heterocycles. The van der Waals surface area contributed by atoms with Gasteiger partial charge in [0.05, 0.1) is 19.8 Å². The minimum Gasteiger partial charge on any atom is -0.491 e. The van der Waals surface area contributed by atoms with Crippen molar-refractivity contribution in [2.45, 2.75) is 13.0 Å². The second kappa shape index (κ2) is 9.31.